The zero-order chi connectivity index (χ0) is 27.5. The summed E-state index contributed by atoms with van der Waals surface area (Å²) < 4.78 is 5.72. The van der Waals surface area contributed by atoms with Gasteiger partial charge in [0.15, 0.2) is 0 Å². The van der Waals surface area contributed by atoms with Gasteiger partial charge in [0, 0.05) is 49.0 Å². The van der Waals surface area contributed by atoms with E-state index < -0.39 is 11.2 Å². The minimum atomic E-state index is -1.12. The van der Waals surface area contributed by atoms with Crippen LogP contribution in [0.2, 0.25) is 10.0 Å². The maximum absolute atomic E-state index is 11.3. The lowest BCUT2D eigenvalue weighted by Gasteiger charge is -2.45. The molecule has 0 spiro atoms. The van der Waals surface area contributed by atoms with Crippen LogP contribution in [0.4, 0.5) is 5.69 Å². The Balaban J connectivity index is 1.56. The number of benzene rings is 2. The molecule has 1 aliphatic heterocycles. The van der Waals surface area contributed by atoms with Crippen LogP contribution in [0.3, 0.4) is 0 Å². The quantitative estimate of drug-likeness (QED) is 0.347. The van der Waals surface area contributed by atoms with Gasteiger partial charge in [0.25, 0.3) is 0 Å². The van der Waals surface area contributed by atoms with Crippen molar-refractivity contribution >= 4 is 28.9 Å². The van der Waals surface area contributed by atoms with E-state index in [4.69, 9.17) is 27.9 Å². The normalized spacial score (nSPS) is 18.3. The van der Waals surface area contributed by atoms with Crippen molar-refractivity contribution in [3.05, 3.63) is 87.7 Å². The molecular formula is C29H35Cl2N3O4. The standard InChI is InChI=1S/C29H35Cl2N3O4/c1-28(2,36)19-38-24-10-11-26(25(31)14-24)34-13-12-33(16-27(34)20-4-7-22(30)8-5-20)18-29(3,37)21-6-9-23(17-35)32-15-21/h4-11,14-15,27,35-37H,12-13,16-19H2,1-3H3/t27-,29+/m0/s1. The van der Waals surface area contributed by atoms with Crippen LogP contribution in [0.1, 0.15) is 43.6 Å². The summed E-state index contributed by atoms with van der Waals surface area (Å²) in [6.45, 7) is 7.68. The predicted octanol–water partition coefficient (Wildman–Crippen LogP) is 4.80. The van der Waals surface area contributed by atoms with Crippen molar-refractivity contribution in [2.75, 3.05) is 37.7 Å². The van der Waals surface area contributed by atoms with Gasteiger partial charge in [0.1, 0.15) is 18.0 Å². The summed E-state index contributed by atoms with van der Waals surface area (Å²) in [4.78, 5) is 8.75. The van der Waals surface area contributed by atoms with Crippen LogP contribution < -0.4 is 9.64 Å². The predicted molar refractivity (Wildman–Crippen MR) is 151 cm³/mol. The third-order valence-corrected chi connectivity index (χ3v) is 7.23. The van der Waals surface area contributed by atoms with Crippen molar-refractivity contribution in [1.82, 2.24) is 9.88 Å². The van der Waals surface area contributed by atoms with E-state index in [0.29, 0.717) is 46.7 Å². The number of ether oxygens (including phenoxy) is 1. The summed E-state index contributed by atoms with van der Waals surface area (Å²) in [7, 11) is 0. The summed E-state index contributed by atoms with van der Waals surface area (Å²) in [5.74, 6) is 0.597. The topological polar surface area (TPSA) is 89.3 Å². The number of rotatable bonds is 9. The lowest BCUT2D eigenvalue weighted by Crippen LogP contribution is -2.52. The second kappa shape index (κ2) is 11.8. The average molecular weight is 561 g/mol. The second-order valence-corrected chi connectivity index (χ2v) is 11.5. The van der Waals surface area contributed by atoms with Gasteiger partial charge in [-0.3, -0.25) is 9.88 Å². The number of pyridine rings is 1. The Morgan fingerprint density at radius 2 is 1.74 bits per heavy atom. The molecule has 3 N–H and O–H groups in total. The van der Waals surface area contributed by atoms with Gasteiger partial charge < -0.3 is 25.0 Å². The van der Waals surface area contributed by atoms with E-state index >= 15 is 0 Å². The number of nitrogens with zero attached hydrogens (tertiary/aromatic N) is 3. The number of hydrogen-bond acceptors (Lipinski definition) is 7. The first-order chi connectivity index (χ1) is 17.9. The Hall–Kier alpha value is -2.39. The molecule has 0 bridgehead atoms. The number of aliphatic hydroxyl groups is 3. The summed E-state index contributed by atoms with van der Waals surface area (Å²) >= 11 is 12.9. The SMILES string of the molecule is CC(C)(O)COc1ccc(N2CCN(C[C@@](C)(O)c3ccc(CO)nc3)C[C@H]2c2ccc(Cl)cc2)c(Cl)c1. The lowest BCUT2D eigenvalue weighted by atomic mass is 9.95. The van der Waals surface area contributed by atoms with E-state index in [2.05, 4.69) is 14.8 Å². The molecule has 7 nitrogen and oxygen atoms in total. The van der Waals surface area contributed by atoms with Crippen molar-refractivity contribution in [3.8, 4) is 5.75 Å². The lowest BCUT2D eigenvalue weighted by molar-refractivity contribution is 0.00997. The minimum Gasteiger partial charge on any atom is -0.491 e. The van der Waals surface area contributed by atoms with Crippen LogP contribution in [0.5, 0.6) is 5.75 Å². The molecule has 9 heteroatoms. The molecule has 1 saturated heterocycles. The number of anilines is 1. The van der Waals surface area contributed by atoms with E-state index in [1.807, 2.05) is 42.5 Å². The molecule has 1 fully saturated rings. The minimum absolute atomic E-state index is 0.0349. The van der Waals surface area contributed by atoms with Gasteiger partial charge in [-0.1, -0.05) is 41.4 Å². The number of piperazine rings is 1. The van der Waals surface area contributed by atoms with Crippen molar-refractivity contribution < 1.29 is 20.1 Å². The van der Waals surface area contributed by atoms with Gasteiger partial charge in [-0.05, 0) is 56.7 Å². The molecule has 2 atom stereocenters. The summed E-state index contributed by atoms with van der Waals surface area (Å²) in [6, 6.07) is 16.9. The van der Waals surface area contributed by atoms with Gasteiger partial charge in [0.05, 0.1) is 34.7 Å². The van der Waals surface area contributed by atoms with E-state index in [-0.39, 0.29) is 19.3 Å². The molecule has 38 heavy (non-hydrogen) atoms. The van der Waals surface area contributed by atoms with E-state index in [1.54, 1.807) is 39.1 Å². The number of hydrogen-bond donors (Lipinski definition) is 3. The highest BCUT2D eigenvalue weighted by atomic mass is 35.5. The molecule has 0 radical (unpaired) electrons. The maximum atomic E-state index is 11.3. The second-order valence-electron chi connectivity index (χ2n) is 10.7. The van der Waals surface area contributed by atoms with Crippen LogP contribution >= 0.6 is 23.2 Å². The highest BCUT2D eigenvalue weighted by Crippen LogP contribution is 2.38. The van der Waals surface area contributed by atoms with Crippen molar-refractivity contribution in [1.29, 1.82) is 0 Å². The van der Waals surface area contributed by atoms with Crippen molar-refractivity contribution in [2.24, 2.45) is 0 Å². The fraction of sp³-hybridized carbons (Fsp3) is 0.414. The molecule has 2 heterocycles. The Kier molecular flexibility index (Phi) is 8.87. The van der Waals surface area contributed by atoms with Crippen LogP contribution in [0, 0.1) is 0 Å². The Morgan fingerprint density at radius 1 is 1.00 bits per heavy atom. The molecule has 0 amide bonds. The molecular weight excluding hydrogens is 525 g/mol. The molecule has 3 aromatic rings. The van der Waals surface area contributed by atoms with E-state index in [9.17, 15) is 15.3 Å². The number of aromatic nitrogens is 1. The Bertz CT molecular complexity index is 1210. The van der Waals surface area contributed by atoms with Gasteiger partial charge >= 0.3 is 0 Å². The van der Waals surface area contributed by atoms with Crippen molar-refractivity contribution in [2.45, 2.75) is 44.6 Å². The third-order valence-electron chi connectivity index (χ3n) is 6.68. The Labute approximate surface area is 234 Å². The number of aliphatic hydroxyl groups excluding tert-OH is 1. The van der Waals surface area contributed by atoms with Gasteiger partial charge in [-0.15, -0.1) is 0 Å². The van der Waals surface area contributed by atoms with Crippen LogP contribution in [0.15, 0.2) is 60.8 Å². The smallest absolute Gasteiger partial charge is 0.121 e. The summed E-state index contributed by atoms with van der Waals surface area (Å²) in [5.41, 5.74) is 1.17. The van der Waals surface area contributed by atoms with E-state index in [0.717, 1.165) is 17.8 Å². The van der Waals surface area contributed by atoms with E-state index in [1.165, 1.54) is 0 Å². The first kappa shape index (κ1) is 28.6. The number of halogens is 2. The zero-order valence-corrected chi connectivity index (χ0v) is 23.5. The first-order valence-corrected chi connectivity index (χ1v) is 13.4. The molecule has 0 saturated carbocycles. The monoisotopic (exact) mass is 559 g/mol. The summed E-state index contributed by atoms with van der Waals surface area (Å²) in [5, 5.41) is 31.8. The van der Waals surface area contributed by atoms with Gasteiger partial charge in [0.2, 0.25) is 0 Å². The number of β-amino-alcohol motifs (C(OH)–C–C–N with tert-alkyl or cyclic N) is 1. The molecule has 0 unspecified atom stereocenters. The fourth-order valence-electron chi connectivity index (χ4n) is 4.68. The van der Waals surface area contributed by atoms with Gasteiger partial charge in [-0.25, -0.2) is 0 Å². The summed E-state index contributed by atoms with van der Waals surface area (Å²) in [6.07, 6.45) is 1.62. The highest BCUT2D eigenvalue weighted by molar-refractivity contribution is 6.33. The highest BCUT2D eigenvalue weighted by Gasteiger charge is 2.34. The van der Waals surface area contributed by atoms with Crippen LogP contribution in [-0.4, -0.2) is 63.6 Å². The van der Waals surface area contributed by atoms with Crippen LogP contribution in [0.25, 0.3) is 0 Å². The molecule has 204 valence electrons. The van der Waals surface area contributed by atoms with Crippen LogP contribution in [-0.2, 0) is 12.2 Å². The molecule has 1 aliphatic rings. The molecule has 1 aromatic heterocycles. The molecule has 0 aliphatic carbocycles. The van der Waals surface area contributed by atoms with Gasteiger partial charge in [-0.2, -0.15) is 0 Å². The van der Waals surface area contributed by atoms with Crippen molar-refractivity contribution in [3.63, 3.8) is 0 Å². The zero-order valence-electron chi connectivity index (χ0n) is 21.9. The first-order valence-electron chi connectivity index (χ1n) is 12.6. The molecule has 2 aromatic carbocycles. The average Bonchev–Trinajstić information content (AvgIpc) is 2.88. The maximum Gasteiger partial charge on any atom is 0.121 e. The largest absolute Gasteiger partial charge is 0.491 e. The third kappa shape index (κ3) is 7.17. The molecule has 4 rings (SSSR count). The fourth-order valence-corrected chi connectivity index (χ4v) is 5.08. The Morgan fingerprint density at radius 3 is 2.34 bits per heavy atom.